The number of carbonyl (C=O) groups excluding carboxylic acids is 1. The molecule has 0 spiro atoms. The molecular weight excluding hydrogens is 496 g/mol. The fourth-order valence-corrected chi connectivity index (χ4v) is 4.58. The molecule has 1 unspecified atom stereocenters. The van der Waals surface area contributed by atoms with Gasteiger partial charge in [0.25, 0.3) is 0 Å². The van der Waals surface area contributed by atoms with E-state index in [1.807, 2.05) is 53.8 Å². The number of nitrogens with one attached hydrogen (secondary N) is 2. The number of carboxylic acid groups (broad SMARTS) is 1. The predicted octanol–water partition coefficient (Wildman–Crippen LogP) is 2.87. The maximum atomic E-state index is 13.5. The highest BCUT2D eigenvalue weighted by atomic mass is 35.5. The van der Waals surface area contributed by atoms with E-state index in [1.54, 1.807) is 12.1 Å². The van der Waals surface area contributed by atoms with Crippen LogP contribution in [0.3, 0.4) is 0 Å². The first-order valence-electron chi connectivity index (χ1n) is 11.9. The SMILES string of the molecule is Cl.Cn1c(CNc2ccc(C(=N)N)cc2)nc2cc(C(C)(COCC(=O)O)C(=O)N3CCCC3)ccc21. The third-order valence-electron chi connectivity index (χ3n) is 6.74. The molecule has 198 valence electrons. The molecule has 0 bridgehead atoms. The summed E-state index contributed by atoms with van der Waals surface area (Å²) in [6, 6.07) is 13.1. The molecule has 10 nitrogen and oxygen atoms in total. The second-order valence-electron chi connectivity index (χ2n) is 9.35. The number of aromatic nitrogens is 2. The summed E-state index contributed by atoms with van der Waals surface area (Å²) in [5.41, 5.74) is 8.45. The molecule has 1 amide bonds. The third kappa shape index (κ3) is 6.03. The Morgan fingerprint density at radius 2 is 1.86 bits per heavy atom. The van der Waals surface area contributed by atoms with Gasteiger partial charge in [-0.15, -0.1) is 12.4 Å². The largest absolute Gasteiger partial charge is 0.480 e. The molecule has 1 saturated heterocycles. The van der Waals surface area contributed by atoms with Crippen LogP contribution in [0.25, 0.3) is 11.0 Å². The minimum Gasteiger partial charge on any atom is -0.480 e. The summed E-state index contributed by atoms with van der Waals surface area (Å²) < 4.78 is 7.44. The Labute approximate surface area is 221 Å². The van der Waals surface area contributed by atoms with E-state index in [9.17, 15) is 9.59 Å². The van der Waals surface area contributed by atoms with Crippen LogP contribution in [-0.4, -0.2) is 63.6 Å². The lowest BCUT2D eigenvalue weighted by Gasteiger charge is -2.32. The molecule has 11 heteroatoms. The second-order valence-corrected chi connectivity index (χ2v) is 9.35. The summed E-state index contributed by atoms with van der Waals surface area (Å²) >= 11 is 0. The maximum Gasteiger partial charge on any atom is 0.329 e. The number of nitrogen functional groups attached to an aromatic ring is 1. The van der Waals surface area contributed by atoms with E-state index in [1.165, 1.54) is 0 Å². The molecule has 2 heterocycles. The van der Waals surface area contributed by atoms with Crippen LogP contribution in [0.4, 0.5) is 5.69 Å². The van der Waals surface area contributed by atoms with Gasteiger partial charge < -0.3 is 30.4 Å². The van der Waals surface area contributed by atoms with Crippen molar-refractivity contribution < 1.29 is 19.4 Å². The molecule has 3 aromatic rings. The van der Waals surface area contributed by atoms with Crippen LogP contribution in [0, 0.1) is 5.41 Å². The van der Waals surface area contributed by atoms with Gasteiger partial charge >= 0.3 is 5.97 Å². The summed E-state index contributed by atoms with van der Waals surface area (Å²) in [5, 5.41) is 19.9. The number of fused-ring (bicyclic) bond motifs is 1. The zero-order valence-corrected chi connectivity index (χ0v) is 21.8. The summed E-state index contributed by atoms with van der Waals surface area (Å²) in [5.74, 6) is -0.292. The average molecular weight is 529 g/mol. The molecule has 2 aromatic carbocycles. The zero-order chi connectivity index (χ0) is 25.9. The standard InChI is InChI=1S/C26H32N6O4.ClH/c1-26(16-36-15-23(33)34,25(35)32-11-3-4-12-32)18-7-10-21-20(13-18)30-22(31(21)2)14-29-19-8-5-17(6-9-19)24(27)28;/h5-10,13,29H,3-4,11-12,14-16H2,1-2H3,(H3,27,28)(H,33,34);1H. The van der Waals surface area contributed by atoms with Crippen molar-refractivity contribution in [3.8, 4) is 0 Å². The first-order valence-corrected chi connectivity index (χ1v) is 11.9. The van der Waals surface area contributed by atoms with E-state index < -0.39 is 18.0 Å². The normalized spacial score (nSPS) is 14.7. The number of ether oxygens (including phenoxy) is 1. The van der Waals surface area contributed by atoms with E-state index in [0.717, 1.165) is 41.0 Å². The molecule has 0 radical (unpaired) electrons. The van der Waals surface area contributed by atoms with E-state index >= 15 is 0 Å². The Balaban J connectivity index is 0.00000380. The Kier molecular flexibility index (Phi) is 8.77. The second kappa shape index (κ2) is 11.6. The van der Waals surface area contributed by atoms with Crippen LogP contribution in [0.1, 0.15) is 36.7 Å². The van der Waals surface area contributed by atoms with Crippen molar-refractivity contribution in [1.82, 2.24) is 14.5 Å². The van der Waals surface area contributed by atoms with Crippen LogP contribution in [0.2, 0.25) is 0 Å². The first-order chi connectivity index (χ1) is 17.2. The number of likely N-dealkylation sites (tertiary alicyclic amines) is 1. The number of amides is 1. The third-order valence-corrected chi connectivity index (χ3v) is 6.74. The number of hydrogen-bond acceptors (Lipinski definition) is 6. The number of hydrogen-bond donors (Lipinski definition) is 4. The number of anilines is 1. The van der Waals surface area contributed by atoms with Gasteiger partial charge in [-0.05, 0) is 61.7 Å². The molecule has 1 aliphatic heterocycles. The van der Waals surface area contributed by atoms with E-state index in [4.69, 9.17) is 26.0 Å². The van der Waals surface area contributed by atoms with Crippen molar-refractivity contribution in [1.29, 1.82) is 5.41 Å². The van der Waals surface area contributed by atoms with E-state index in [2.05, 4.69) is 5.32 Å². The Morgan fingerprint density at radius 3 is 2.49 bits per heavy atom. The molecule has 5 N–H and O–H groups in total. The lowest BCUT2D eigenvalue weighted by molar-refractivity contribution is -0.146. The van der Waals surface area contributed by atoms with Crippen LogP contribution >= 0.6 is 12.4 Å². The molecule has 1 fully saturated rings. The summed E-state index contributed by atoms with van der Waals surface area (Å²) in [6.45, 7) is 3.19. The Bertz CT molecular complexity index is 1290. The topological polar surface area (TPSA) is 147 Å². The van der Waals surface area contributed by atoms with Crippen LogP contribution < -0.4 is 11.1 Å². The Morgan fingerprint density at radius 1 is 1.19 bits per heavy atom. The van der Waals surface area contributed by atoms with Crippen molar-refractivity contribution in [2.45, 2.75) is 31.7 Å². The van der Waals surface area contributed by atoms with Gasteiger partial charge in [0.05, 0.1) is 29.6 Å². The Hall–Kier alpha value is -3.63. The maximum absolute atomic E-state index is 13.5. The number of benzene rings is 2. The fourth-order valence-electron chi connectivity index (χ4n) is 4.58. The van der Waals surface area contributed by atoms with Crippen molar-refractivity contribution in [3.05, 3.63) is 59.4 Å². The predicted molar refractivity (Wildman–Crippen MR) is 144 cm³/mol. The van der Waals surface area contributed by atoms with E-state index in [0.29, 0.717) is 25.2 Å². The summed E-state index contributed by atoms with van der Waals surface area (Å²) in [4.78, 5) is 31.2. The number of amidine groups is 1. The minimum atomic E-state index is -1.07. The van der Waals surface area contributed by atoms with Crippen LogP contribution in [-0.2, 0) is 33.3 Å². The molecule has 1 aromatic heterocycles. The number of aliphatic carboxylic acids is 1. The molecule has 0 aliphatic carbocycles. The van der Waals surface area contributed by atoms with Crippen LogP contribution in [0.15, 0.2) is 42.5 Å². The number of nitrogens with two attached hydrogens (primary N) is 1. The molecule has 4 rings (SSSR count). The molecule has 0 saturated carbocycles. The van der Waals surface area contributed by atoms with Crippen molar-refractivity contribution in [2.24, 2.45) is 12.8 Å². The summed E-state index contributed by atoms with van der Waals surface area (Å²) in [6.07, 6.45) is 1.93. The molecule has 37 heavy (non-hydrogen) atoms. The highest BCUT2D eigenvalue weighted by Crippen LogP contribution is 2.31. The van der Waals surface area contributed by atoms with Gasteiger partial charge in [-0.2, -0.15) is 0 Å². The van der Waals surface area contributed by atoms with Gasteiger partial charge in [0.15, 0.2) is 0 Å². The van der Waals surface area contributed by atoms with Crippen LogP contribution in [0.5, 0.6) is 0 Å². The molecule has 1 aliphatic rings. The number of imidazole rings is 1. The monoisotopic (exact) mass is 528 g/mol. The smallest absolute Gasteiger partial charge is 0.329 e. The van der Waals surface area contributed by atoms with Gasteiger partial charge in [-0.3, -0.25) is 10.2 Å². The molecule has 1 atom stereocenters. The average Bonchev–Trinajstić information content (AvgIpc) is 3.50. The van der Waals surface area contributed by atoms with Crippen molar-refractivity contribution >= 4 is 46.8 Å². The lowest BCUT2D eigenvalue weighted by atomic mass is 9.81. The number of carbonyl (C=O) groups is 2. The van der Waals surface area contributed by atoms with Gasteiger partial charge in [0, 0.05) is 31.4 Å². The molecular formula is C26H33ClN6O4. The van der Waals surface area contributed by atoms with E-state index in [-0.39, 0.29) is 30.8 Å². The summed E-state index contributed by atoms with van der Waals surface area (Å²) in [7, 11) is 1.94. The highest BCUT2D eigenvalue weighted by molar-refractivity contribution is 5.95. The van der Waals surface area contributed by atoms with Gasteiger partial charge in [-0.25, -0.2) is 9.78 Å². The fraction of sp³-hybridized carbons (Fsp3) is 0.385. The number of nitrogens with zero attached hydrogens (tertiary/aromatic N) is 3. The number of rotatable bonds is 10. The zero-order valence-electron chi connectivity index (χ0n) is 21.0. The van der Waals surface area contributed by atoms with Gasteiger partial charge in [-0.1, -0.05) is 6.07 Å². The highest BCUT2D eigenvalue weighted by Gasteiger charge is 2.40. The lowest BCUT2D eigenvalue weighted by Crippen LogP contribution is -2.47. The minimum absolute atomic E-state index is 0. The van der Waals surface area contributed by atoms with Gasteiger partial charge in [0.2, 0.25) is 5.91 Å². The number of carboxylic acids is 1. The number of aryl methyl sites for hydroxylation is 1. The van der Waals surface area contributed by atoms with Crippen molar-refractivity contribution in [3.63, 3.8) is 0 Å². The first kappa shape index (κ1) is 27.9. The quantitative estimate of drug-likeness (QED) is 0.234. The van der Waals surface area contributed by atoms with Crippen molar-refractivity contribution in [2.75, 3.05) is 31.6 Å². The number of halogens is 1. The van der Waals surface area contributed by atoms with Gasteiger partial charge in [0.1, 0.15) is 18.3 Å².